The fourth-order valence-electron chi connectivity index (χ4n) is 3.07. The maximum absolute atomic E-state index is 12.7. The molecule has 0 unspecified atom stereocenters. The number of aliphatic hydroxyl groups is 1. The van der Waals surface area contributed by atoms with Crippen LogP contribution in [0.1, 0.15) is 12.0 Å². The Morgan fingerprint density at radius 1 is 1.04 bits per heavy atom. The number of rotatable bonds is 6. The second kappa shape index (κ2) is 8.39. The Balaban J connectivity index is 1.76. The minimum Gasteiger partial charge on any atom is -0.511 e. The van der Waals surface area contributed by atoms with Gasteiger partial charge in [-0.2, -0.15) is 0 Å². The molecule has 0 saturated heterocycles. The van der Waals surface area contributed by atoms with Crippen molar-refractivity contribution in [1.29, 1.82) is 0 Å². The Bertz CT molecular complexity index is 937. The Morgan fingerprint density at radius 3 is 2.46 bits per heavy atom. The van der Waals surface area contributed by atoms with Gasteiger partial charge in [0.1, 0.15) is 17.9 Å². The molecule has 1 aliphatic rings. The molecular weight excluding hydrogens is 360 g/mol. The van der Waals surface area contributed by atoms with Crippen LogP contribution in [0.25, 0.3) is 11.1 Å². The lowest BCUT2D eigenvalue weighted by atomic mass is 10.0. The topological polar surface area (TPSA) is 107 Å². The summed E-state index contributed by atoms with van der Waals surface area (Å²) in [5, 5.41) is 20.8. The molecule has 2 amide bonds. The minimum atomic E-state index is -1.23. The Kier molecular flexibility index (Phi) is 5.74. The van der Waals surface area contributed by atoms with Gasteiger partial charge in [0.15, 0.2) is 0 Å². The maximum Gasteiger partial charge on any atom is 0.322 e. The Hall–Kier alpha value is -3.61. The van der Waals surface area contributed by atoms with Gasteiger partial charge in [-0.15, -0.1) is 0 Å². The van der Waals surface area contributed by atoms with E-state index >= 15 is 0 Å². The molecule has 0 saturated carbocycles. The largest absolute Gasteiger partial charge is 0.511 e. The zero-order chi connectivity index (χ0) is 20.1. The number of aliphatic carboxylic acids is 1. The highest BCUT2D eigenvalue weighted by Crippen LogP contribution is 2.23. The van der Waals surface area contributed by atoms with Gasteiger partial charge in [0.05, 0.1) is 0 Å². The van der Waals surface area contributed by atoms with Crippen molar-refractivity contribution >= 4 is 17.8 Å². The molecule has 0 fully saturated rings. The lowest BCUT2D eigenvalue weighted by Crippen LogP contribution is -2.43. The summed E-state index contributed by atoms with van der Waals surface area (Å²) >= 11 is 0. The zero-order valence-corrected chi connectivity index (χ0v) is 15.1. The number of carbonyl (C=O) groups is 3. The number of amides is 2. The molecule has 28 heavy (non-hydrogen) atoms. The van der Waals surface area contributed by atoms with Crippen molar-refractivity contribution in [3.63, 3.8) is 0 Å². The summed E-state index contributed by atoms with van der Waals surface area (Å²) in [4.78, 5) is 36.9. The zero-order valence-electron chi connectivity index (χ0n) is 15.1. The molecule has 7 nitrogen and oxygen atoms in total. The first-order valence-corrected chi connectivity index (χ1v) is 8.81. The standard InChI is InChI=1S/C21H20N2O5/c24-17-9-10-23(21(28)19(17)20(27)22-12-18(25)26)13-14-5-4-8-16(11-14)15-6-2-1-3-7-15/h1-8,11,24H,9-10,12-13H2,(H,22,27)(H,25,26). The lowest BCUT2D eigenvalue weighted by Gasteiger charge is -2.28. The molecule has 0 aliphatic carbocycles. The van der Waals surface area contributed by atoms with Gasteiger partial charge in [0.25, 0.3) is 11.8 Å². The molecule has 3 rings (SSSR count). The molecule has 2 aromatic rings. The second-order valence-electron chi connectivity index (χ2n) is 6.44. The average molecular weight is 380 g/mol. The van der Waals surface area contributed by atoms with Gasteiger partial charge in [-0.25, -0.2) is 0 Å². The van der Waals surface area contributed by atoms with Crippen molar-refractivity contribution in [1.82, 2.24) is 10.2 Å². The number of hydrogen-bond donors (Lipinski definition) is 3. The van der Waals surface area contributed by atoms with E-state index < -0.39 is 29.9 Å². The molecule has 7 heteroatoms. The highest BCUT2D eigenvalue weighted by Gasteiger charge is 2.32. The monoisotopic (exact) mass is 380 g/mol. The van der Waals surface area contributed by atoms with Crippen molar-refractivity contribution in [3.05, 3.63) is 71.5 Å². The lowest BCUT2D eigenvalue weighted by molar-refractivity contribution is -0.138. The van der Waals surface area contributed by atoms with Crippen molar-refractivity contribution in [2.45, 2.75) is 13.0 Å². The molecule has 0 atom stereocenters. The van der Waals surface area contributed by atoms with Crippen LogP contribution in [0.15, 0.2) is 65.9 Å². The molecule has 0 bridgehead atoms. The average Bonchev–Trinajstić information content (AvgIpc) is 2.69. The number of nitrogens with zero attached hydrogens (tertiary/aromatic N) is 1. The van der Waals surface area contributed by atoms with E-state index in [1.54, 1.807) is 0 Å². The third-order valence-electron chi connectivity index (χ3n) is 4.44. The highest BCUT2D eigenvalue weighted by atomic mass is 16.4. The van der Waals surface area contributed by atoms with Crippen LogP contribution < -0.4 is 5.32 Å². The van der Waals surface area contributed by atoms with E-state index in [-0.39, 0.29) is 25.3 Å². The molecule has 0 spiro atoms. The molecule has 3 N–H and O–H groups in total. The maximum atomic E-state index is 12.7. The van der Waals surface area contributed by atoms with Crippen molar-refractivity contribution in [2.24, 2.45) is 0 Å². The number of nitrogens with one attached hydrogen (secondary N) is 1. The van der Waals surface area contributed by atoms with Crippen LogP contribution in [-0.4, -0.2) is 46.0 Å². The number of aliphatic hydroxyl groups excluding tert-OH is 1. The van der Waals surface area contributed by atoms with E-state index in [2.05, 4.69) is 5.32 Å². The van der Waals surface area contributed by atoms with Gasteiger partial charge >= 0.3 is 5.97 Å². The summed E-state index contributed by atoms with van der Waals surface area (Å²) in [5.41, 5.74) is 2.56. The first-order valence-electron chi connectivity index (χ1n) is 8.81. The van der Waals surface area contributed by atoms with Gasteiger partial charge in [0.2, 0.25) is 0 Å². The second-order valence-corrected chi connectivity index (χ2v) is 6.44. The van der Waals surface area contributed by atoms with E-state index in [1.165, 1.54) is 4.90 Å². The van der Waals surface area contributed by atoms with Crippen molar-refractivity contribution in [2.75, 3.05) is 13.1 Å². The first-order chi connectivity index (χ1) is 13.5. The molecule has 0 radical (unpaired) electrons. The summed E-state index contributed by atoms with van der Waals surface area (Å²) in [5.74, 6) is -3.04. The van der Waals surface area contributed by atoms with Crippen LogP contribution in [-0.2, 0) is 20.9 Å². The van der Waals surface area contributed by atoms with Crippen molar-refractivity contribution < 1.29 is 24.6 Å². The smallest absolute Gasteiger partial charge is 0.322 e. The van der Waals surface area contributed by atoms with Gasteiger partial charge in [-0.3, -0.25) is 14.4 Å². The summed E-state index contributed by atoms with van der Waals surface area (Å²) in [6, 6.07) is 17.6. The highest BCUT2D eigenvalue weighted by molar-refractivity contribution is 6.19. The van der Waals surface area contributed by atoms with Gasteiger partial charge < -0.3 is 20.4 Å². The Labute approximate surface area is 161 Å². The summed E-state index contributed by atoms with van der Waals surface area (Å²) in [7, 11) is 0. The normalized spacial score (nSPS) is 14.1. The van der Waals surface area contributed by atoms with Gasteiger partial charge in [-0.05, 0) is 22.8 Å². The summed E-state index contributed by atoms with van der Waals surface area (Å²) in [6.45, 7) is -0.0690. The number of carboxylic acid groups (broad SMARTS) is 1. The van der Waals surface area contributed by atoms with Crippen LogP contribution in [0.3, 0.4) is 0 Å². The van der Waals surface area contributed by atoms with Gasteiger partial charge in [0, 0.05) is 19.5 Å². The molecule has 1 aliphatic heterocycles. The SMILES string of the molecule is O=C(O)CNC(=O)C1=C(O)CCN(Cc2cccc(-c3ccccc3)c2)C1=O. The number of benzene rings is 2. The fourth-order valence-corrected chi connectivity index (χ4v) is 3.07. The number of carbonyl (C=O) groups excluding carboxylic acids is 2. The van der Waals surface area contributed by atoms with E-state index in [4.69, 9.17) is 5.11 Å². The number of carboxylic acids is 1. The molecule has 1 heterocycles. The first kappa shape index (κ1) is 19.2. The van der Waals surface area contributed by atoms with Crippen LogP contribution in [0.2, 0.25) is 0 Å². The third-order valence-corrected chi connectivity index (χ3v) is 4.44. The van der Waals surface area contributed by atoms with E-state index in [1.807, 2.05) is 54.6 Å². The molecule has 2 aromatic carbocycles. The predicted molar refractivity (Wildman–Crippen MR) is 102 cm³/mol. The van der Waals surface area contributed by atoms with Crippen LogP contribution >= 0.6 is 0 Å². The van der Waals surface area contributed by atoms with Gasteiger partial charge in [-0.1, -0.05) is 48.5 Å². The van der Waals surface area contributed by atoms with E-state index in [9.17, 15) is 19.5 Å². The molecule has 0 aromatic heterocycles. The summed E-state index contributed by atoms with van der Waals surface area (Å²) in [6.07, 6.45) is 0.139. The molecular formula is C21H20N2O5. The van der Waals surface area contributed by atoms with Crippen LogP contribution in [0.5, 0.6) is 0 Å². The van der Waals surface area contributed by atoms with Crippen LogP contribution in [0, 0.1) is 0 Å². The van der Waals surface area contributed by atoms with Crippen molar-refractivity contribution in [3.8, 4) is 11.1 Å². The Morgan fingerprint density at radius 2 is 1.75 bits per heavy atom. The fraction of sp³-hybridized carbons (Fsp3) is 0.190. The predicted octanol–water partition coefficient (Wildman–Crippen LogP) is 2.10. The third kappa shape index (κ3) is 4.37. The molecule has 144 valence electrons. The number of hydrogen-bond acceptors (Lipinski definition) is 4. The van der Waals surface area contributed by atoms with Crippen LogP contribution in [0.4, 0.5) is 0 Å². The summed E-state index contributed by atoms with van der Waals surface area (Å²) < 4.78 is 0. The van der Waals surface area contributed by atoms with E-state index in [0.717, 1.165) is 16.7 Å². The van der Waals surface area contributed by atoms with E-state index in [0.29, 0.717) is 0 Å². The quantitative estimate of drug-likeness (QED) is 0.666. The minimum absolute atomic E-state index is 0.139.